The van der Waals surface area contributed by atoms with Crippen molar-refractivity contribution in [2.75, 3.05) is 0 Å². The number of hydrogen-bond donors (Lipinski definition) is 0. The summed E-state index contributed by atoms with van der Waals surface area (Å²) < 4.78 is 0. The number of benzene rings is 7. The van der Waals surface area contributed by atoms with E-state index in [0.717, 1.165) is 18.3 Å². The van der Waals surface area contributed by atoms with Crippen LogP contribution in [0, 0.1) is 12.3 Å². The standard InChI is InChI=1S/C50H64B28/c1-3-9(52)12-13(15-17(34(63)45(74)43(72)32(15)61)16-14(12)31(60)42(71)44(73)33(16)62)10(53)4-7-26(55)23-19(35(64)27(7)56)18-24(39(68)36(65)20(29(18)58)21-37(66)46(75)49(78)47(76)38(21)67)50(23)5-8(28(57)25(54)6(2)51)11-22(50)40(69)48(77)41(70)30(11)59/h1H,4-5,51-78H2,2H3/b12-9-,13-10-,25-6-,28-8-. The molecule has 1 atom stereocenters. The summed E-state index contributed by atoms with van der Waals surface area (Å²) in [7, 11) is 66.8. The van der Waals surface area contributed by atoms with Gasteiger partial charge in [-0.2, -0.15) is 0 Å². The van der Waals surface area contributed by atoms with Crippen LogP contribution in [0.5, 0.6) is 0 Å². The Bertz CT molecular complexity index is 4280. The maximum absolute atomic E-state index is 6.64. The van der Waals surface area contributed by atoms with E-state index in [-0.39, 0.29) is 0 Å². The van der Waals surface area contributed by atoms with Crippen molar-refractivity contribution in [1.82, 2.24) is 0 Å². The number of terminal acetylenes is 1. The molecule has 0 nitrogen and oxygen atoms in total. The second-order valence-electron chi connectivity index (χ2n) is 25.6. The zero-order valence-electron chi connectivity index (χ0n) is 54.0. The molecular formula is C50H64B28. The predicted octanol–water partition coefficient (Wildman–Crippen LogP) is -34.5. The molecule has 0 fully saturated rings. The molecule has 0 N–H and O–H groups in total. The van der Waals surface area contributed by atoms with Gasteiger partial charge in [0.2, 0.25) is 0 Å². The summed E-state index contributed by atoms with van der Waals surface area (Å²) in [6.45, 7) is 2.30. The highest BCUT2D eigenvalue weighted by Crippen LogP contribution is 2.59. The molecule has 2 aliphatic carbocycles. The minimum atomic E-state index is -0.417. The Morgan fingerprint density at radius 2 is 0.705 bits per heavy atom. The van der Waals surface area contributed by atoms with Crippen LogP contribution in [0.4, 0.5) is 0 Å². The van der Waals surface area contributed by atoms with Crippen molar-refractivity contribution in [3.05, 3.63) is 54.7 Å². The van der Waals surface area contributed by atoms with Crippen LogP contribution in [0.25, 0.3) is 60.3 Å². The average molecular weight is 968 g/mol. The maximum atomic E-state index is 6.64. The van der Waals surface area contributed by atoms with Gasteiger partial charge in [0.05, 0.1) is 0 Å². The van der Waals surface area contributed by atoms with Crippen molar-refractivity contribution in [2.24, 2.45) is 0 Å². The van der Waals surface area contributed by atoms with Gasteiger partial charge >= 0.3 is 0 Å². The highest BCUT2D eigenvalue weighted by molar-refractivity contribution is 6.74. The first-order valence-corrected chi connectivity index (χ1v) is 29.2. The van der Waals surface area contributed by atoms with E-state index in [4.69, 9.17) is 6.42 Å². The fraction of sp³-hybridized carbons (Fsp3) is 0.0800. The molecule has 0 radical (unpaired) electrons. The third-order valence-electron chi connectivity index (χ3n) is 22.6. The summed E-state index contributed by atoms with van der Waals surface area (Å²) >= 11 is 0. The molecule has 2 aliphatic rings. The highest BCUT2D eigenvalue weighted by Gasteiger charge is 2.54. The third kappa shape index (κ3) is 7.62. The monoisotopic (exact) mass is 973 g/mol. The molecule has 1 spiro atoms. The van der Waals surface area contributed by atoms with Crippen LogP contribution in [0.3, 0.4) is 0 Å². The minimum Gasteiger partial charge on any atom is -0.120 e. The van der Waals surface area contributed by atoms with E-state index in [1.807, 2.05) is 0 Å². The highest BCUT2D eigenvalue weighted by atomic mass is 14.5. The van der Waals surface area contributed by atoms with Gasteiger partial charge in [-0.1, -0.05) is 106 Å². The van der Waals surface area contributed by atoms with E-state index in [1.165, 1.54) is 235 Å². The second-order valence-corrected chi connectivity index (χ2v) is 25.6. The van der Waals surface area contributed by atoms with Crippen LogP contribution in [-0.4, -0.2) is 220 Å². The zero-order valence-corrected chi connectivity index (χ0v) is 54.0. The van der Waals surface area contributed by atoms with Crippen LogP contribution in [0.1, 0.15) is 41.2 Å². The first-order chi connectivity index (χ1) is 36.3. The smallest absolute Gasteiger partial charge is 0.120 e. The maximum Gasteiger partial charge on any atom is 0.151 e. The average Bonchev–Trinajstić information content (AvgIpc) is 3.92. The van der Waals surface area contributed by atoms with E-state index in [0.29, 0.717) is 0 Å². The molecule has 9 rings (SSSR count). The van der Waals surface area contributed by atoms with E-state index in [1.54, 1.807) is 0 Å². The fourth-order valence-electron chi connectivity index (χ4n) is 16.1. The fourth-order valence-corrected chi connectivity index (χ4v) is 16.1. The van der Waals surface area contributed by atoms with Crippen molar-refractivity contribution in [2.45, 2.75) is 25.2 Å². The van der Waals surface area contributed by atoms with Gasteiger partial charge in [-0.05, 0) is 100 Å². The number of rotatable bonds is 4. The molecule has 0 saturated heterocycles. The molecular weight excluding hydrogens is 903 g/mol. The Morgan fingerprint density at radius 3 is 1.18 bits per heavy atom. The van der Waals surface area contributed by atoms with E-state index >= 15 is 0 Å². The molecule has 7 aromatic carbocycles. The summed E-state index contributed by atoms with van der Waals surface area (Å²) in [5.74, 6) is 3.25. The molecule has 1 unspecified atom stereocenters. The van der Waals surface area contributed by atoms with Crippen molar-refractivity contribution < 1.29 is 0 Å². The molecule has 0 aromatic heterocycles. The molecule has 0 heterocycles. The lowest BCUT2D eigenvalue weighted by molar-refractivity contribution is 0.694. The lowest BCUT2D eigenvalue weighted by Crippen LogP contribution is -2.56. The number of fused-ring (bicyclic) bond motifs is 10. The predicted molar refractivity (Wildman–Crippen MR) is 439 cm³/mol. The summed E-state index contributed by atoms with van der Waals surface area (Å²) in [6.07, 6.45) is 8.39. The quantitative estimate of drug-likeness (QED) is 0.0937. The van der Waals surface area contributed by atoms with Gasteiger partial charge < -0.3 is 0 Å². The summed E-state index contributed by atoms with van der Waals surface area (Å²) in [5, 5.41) is 8.04. The number of allylic oxidation sites excluding steroid dienone is 4. The molecule has 0 aliphatic heterocycles. The van der Waals surface area contributed by atoms with E-state index in [2.05, 4.69) is 233 Å². The molecule has 28 heteroatoms. The first-order valence-electron chi connectivity index (χ1n) is 29.2. The van der Waals surface area contributed by atoms with Gasteiger partial charge in [-0.3, -0.25) is 0 Å². The molecule has 78 heavy (non-hydrogen) atoms. The van der Waals surface area contributed by atoms with Crippen molar-refractivity contribution in [3.63, 3.8) is 0 Å². The van der Waals surface area contributed by atoms with Gasteiger partial charge in [0.1, 0.15) is 212 Å². The van der Waals surface area contributed by atoms with Crippen LogP contribution >= 0.6 is 0 Å². The molecule has 348 valence electrons. The number of hydrogen-bond acceptors (Lipinski definition) is 0. The van der Waals surface area contributed by atoms with Crippen molar-refractivity contribution in [3.8, 4) is 34.6 Å². The Kier molecular flexibility index (Phi) is 14.9. The second kappa shape index (κ2) is 20.0. The Morgan fingerprint density at radius 1 is 0.372 bits per heavy atom. The Hall–Kier alpha value is -4.34. The van der Waals surface area contributed by atoms with E-state index in [9.17, 15) is 0 Å². The van der Waals surface area contributed by atoms with Gasteiger partial charge in [-0.15, -0.1) is 66.5 Å². The summed E-state index contributed by atoms with van der Waals surface area (Å²) in [5.41, 5.74) is 53.3. The third-order valence-corrected chi connectivity index (χ3v) is 22.6. The lowest BCUT2D eigenvalue weighted by atomic mass is 9.55. The normalized spacial score (nSPS) is 16.2. The van der Waals surface area contributed by atoms with Crippen molar-refractivity contribution >= 4 is 383 Å². The van der Waals surface area contributed by atoms with Gasteiger partial charge in [0.15, 0.2) is 7.85 Å². The van der Waals surface area contributed by atoms with E-state index < -0.39 is 5.41 Å². The summed E-state index contributed by atoms with van der Waals surface area (Å²) in [6, 6.07) is 0. The largest absolute Gasteiger partial charge is 0.151 e. The summed E-state index contributed by atoms with van der Waals surface area (Å²) in [4.78, 5) is 0. The Labute approximate surface area is 494 Å². The van der Waals surface area contributed by atoms with Crippen LogP contribution in [-0.2, 0) is 11.8 Å². The topological polar surface area (TPSA) is 0 Å². The minimum absolute atomic E-state index is 0.417. The van der Waals surface area contributed by atoms with Gasteiger partial charge in [0.25, 0.3) is 0 Å². The zero-order chi connectivity index (χ0) is 58.0. The van der Waals surface area contributed by atoms with Gasteiger partial charge in [-0.25, -0.2) is 0 Å². The van der Waals surface area contributed by atoms with Crippen molar-refractivity contribution in [1.29, 1.82) is 0 Å². The molecule has 0 saturated carbocycles. The molecule has 0 amide bonds. The lowest BCUT2D eigenvalue weighted by Gasteiger charge is -2.36. The molecule has 0 bridgehead atoms. The van der Waals surface area contributed by atoms with Crippen LogP contribution in [0.2, 0.25) is 0 Å². The Balaban J connectivity index is 1.55. The SMILES string of the molecule is B/C(C)=C(B)/C(B)=C1\CC2(c3c(B)c(B)c(B)c(B)c31)c1c(B)c(B)c(-c3c(B)c(B)c(B)c(B)c3B)c(B)c1-c1c(B)c(B)c(C/C(B)=c3\c(=C(\B)C#C)c4c(B)c(B)c(B)c(B)c4c4c(B)c(B)c(B)c(B)c34)c(B)c12. The first kappa shape index (κ1) is 58.3. The molecule has 7 aromatic rings. The van der Waals surface area contributed by atoms with Crippen LogP contribution < -0.4 is 136 Å². The van der Waals surface area contributed by atoms with Gasteiger partial charge in [0, 0.05) is 5.41 Å². The van der Waals surface area contributed by atoms with Crippen LogP contribution in [0.15, 0.2) is 16.4 Å².